The summed E-state index contributed by atoms with van der Waals surface area (Å²) in [6, 6.07) is 5.10. The zero-order chi connectivity index (χ0) is 19.3. The normalized spacial score (nSPS) is 14.1. The molecule has 140 valence electrons. The van der Waals surface area contributed by atoms with Crippen molar-refractivity contribution in [2.75, 3.05) is 39.0 Å². The van der Waals surface area contributed by atoms with Gasteiger partial charge in [0.2, 0.25) is 0 Å². The number of ether oxygens (including phenoxy) is 3. The molecule has 8 heteroatoms. The van der Waals surface area contributed by atoms with Gasteiger partial charge >= 0.3 is 11.9 Å². The van der Waals surface area contributed by atoms with Crippen molar-refractivity contribution in [2.24, 2.45) is 0 Å². The van der Waals surface area contributed by atoms with Crippen LogP contribution in [0.2, 0.25) is 0 Å². The number of anilines is 1. The van der Waals surface area contributed by atoms with Gasteiger partial charge in [-0.15, -0.1) is 0 Å². The van der Waals surface area contributed by atoms with Crippen LogP contribution in [0.15, 0.2) is 29.5 Å². The van der Waals surface area contributed by atoms with Gasteiger partial charge in [0.1, 0.15) is 12.4 Å². The first-order chi connectivity index (χ1) is 12.4. The Kier molecular flexibility index (Phi) is 6.35. The van der Waals surface area contributed by atoms with E-state index in [0.29, 0.717) is 17.8 Å². The standard InChI is InChI=1S/C18H22N2O6/c1-5-19-16(21)12-7-6-11(2)14(8-12)20-10-26-9-13(17(22)24-3)15(20)18(23)25-4/h6-8H,5,9-10H2,1-4H3,(H,19,21). The molecule has 0 saturated carbocycles. The number of methoxy groups -OCH3 is 2. The van der Waals surface area contributed by atoms with Gasteiger partial charge in [-0.2, -0.15) is 0 Å². The summed E-state index contributed by atoms with van der Waals surface area (Å²) in [5.74, 6) is -1.59. The second kappa shape index (κ2) is 8.48. The second-order valence-corrected chi connectivity index (χ2v) is 5.58. The molecule has 1 N–H and O–H groups in total. The maximum atomic E-state index is 12.3. The van der Waals surface area contributed by atoms with Crippen LogP contribution < -0.4 is 10.2 Å². The third kappa shape index (κ3) is 3.85. The van der Waals surface area contributed by atoms with Gasteiger partial charge in [0, 0.05) is 17.8 Å². The minimum atomic E-state index is -0.684. The summed E-state index contributed by atoms with van der Waals surface area (Å²) in [5.41, 5.74) is 1.90. The first kappa shape index (κ1) is 19.5. The number of nitrogens with one attached hydrogen (secondary N) is 1. The number of benzene rings is 1. The number of carbonyl (C=O) groups is 3. The van der Waals surface area contributed by atoms with E-state index in [1.54, 1.807) is 18.2 Å². The van der Waals surface area contributed by atoms with Gasteiger partial charge in [0.25, 0.3) is 5.91 Å². The molecule has 1 heterocycles. The molecule has 0 saturated heterocycles. The van der Waals surface area contributed by atoms with Crippen LogP contribution in [0.1, 0.15) is 22.8 Å². The molecule has 0 aromatic heterocycles. The molecule has 0 atom stereocenters. The molecule has 0 bridgehead atoms. The van der Waals surface area contributed by atoms with Crippen molar-refractivity contribution in [3.05, 3.63) is 40.6 Å². The monoisotopic (exact) mass is 362 g/mol. The van der Waals surface area contributed by atoms with Gasteiger partial charge in [-0.25, -0.2) is 9.59 Å². The minimum Gasteiger partial charge on any atom is -0.466 e. The number of aryl methyl sites for hydroxylation is 1. The lowest BCUT2D eigenvalue weighted by Gasteiger charge is -2.32. The smallest absolute Gasteiger partial charge is 0.355 e. The number of nitrogens with zero attached hydrogens (tertiary/aromatic N) is 1. The van der Waals surface area contributed by atoms with Crippen LogP contribution in [0.4, 0.5) is 5.69 Å². The Morgan fingerprint density at radius 3 is 2.50 bits per heavy atom. The van der Waals surface area contributed by atoms with E-state index in [1.807, 2.05) is 13.8 Å². The summed E-state index contributed by atoms with van der Waals surface area (Å²) >= 11 is 0. The third-order valence-corrected chi connectivity index (χ3v) is 3.93. The molecule has 1 amide bonds. The molecule has 0 spiro atoms. The topological polar surface area (TPSA) is 94.2 Å². The first-order valence-corrected chi connectivity index (χ1v) is 8.08. The van der Waals surface area contributed by atoms with Gasteiger partial charge in [0.05, 0.1) is 26.4 Å². The average Bonchev–Trinajstić information content (AvgIpc) is 2.66. The lowest BCUT2D eigenvalue weighted by atomic mass is 10.1. The van der Waals surface area contributed by atoms with Crippen molar-refractivity contribution >= 4 is 23.5 Å². The summed E-state index contributed by atoms with van der Waals surface area (Å²) in [5, 5.41) is 2.73. The number of esters is 2. The van der Waals surface area contributed by atoms with Crippen molar-refractivity contribution < 1.29 is 28.6 Å². The number of hydrogen-bond donors (Lipinski definition) is 1. The number of carbonyl (C=O) groups excluding carboxylic acids is 3. The molecule has 2 rings (SSSR count). The second-order valence-electron chi connectivity index (χ2n) is 5.58. The molecule has 0 unspecified atom stereocenters. The molecular formula is C18H22N2O6. The van der Waals surface area contributed by atoms with Crippen molar-refractivity contribution in [1.82, 2.24) is 5.32 Å². The number of rotatable bonds is 5. The molecule has 1 aromatic carbocycles. The summed E-state index contributed by atoms with van der Waals surface area (Å²) in [7, 11) is 2.46. The zero-order valence-corrected chi connectivity index (χ0v) is 15.3. The van der Waals surface area contributed by atoms with E-state index >= 15 is 0 Å². The van der Waals surface area contributed by atoms with E-state index in [2.05, 4.69) is 5.32 Å². The SMILES string of the molecule is CCNC(=O)c1ccc(C)c(N2COCC(C(=O)OC)=C2C(=O)OC)c1. The highest BCUT2D eigenvalue weighted by Crippen LogP contribution is 2.30. The maximum absolute atomic E-state index is 12.3. The van der Waals surface area contributed by atoms with Crippen LogP contribution in [0.25, 0.3) is 0 Å². The van der Waals surface area contributed by atoms with Crippen LogP contribution in [0, 0.1) is 6.92 Å². The number of hydrogen-bond acceptors (Lipinski definition) is 7. The molecule has 1 aliphatic heterocycles. The lowest BCUT2D eigenvalue weighted by molar-refractivity contribution is -0.140. The van der Waals surface area contributed by atoms with Crippen molar-refractivity contribution in [3.8, 4) is 0 Å². The van der Waals surface area contributed by atoms with Gasteiger partial charge in [0.15, 0.2) is 0 Å². The molecule has 8 nitrogen and oxygen atoms in total. The molecule has 1 aliphatic rings. The zero-order valence-electron chi connectivity index (χ0n) is 15.3. The van der Waals surface area contributed by atoms with Crippen molar-refractivity contribution in [3.63, 3.8) is 0 Å². The average molecular weight is 362 g/mol. The summed E-state index contributed by atoms with van der Waals surface area (Å²) in [4.78, 5) is 38.1. The van der Waals surface area contributed by atoms with Gasteiger partial charge in [-0.3, -0.25) is 4.79 Å². The highest BCUT2D eigenvalue weighted by Gasteiger charge is 2.33. The first-order valence-electron chi connectivity index (χ1n) is 8.08. The molecule has 26 heavy (non-hydrogen) atoms. The quantitative estimate of drug-likeness (QED) is 0.785. The third-order valence-electron chi connectivity index (χ3n) is 3.93. The summed E-state index contributed by atoms with van der Waals surface area (Å²) in [6.07, 6.45) is 0. The fourth-order valence-electron chi connectivity index (χ4n) is 2.64. The number of amides is 1. The Balaban J connectivity index is 2.57. The summed E-state index contributed by atoms with van der Waals surface area (Å²) < 4.78 is 15.0. The predicted molar refractivity (Wildman–Crippen MR) is 93.5 cm³/mol. The van der Waals surface area contributed by atoms with Crippen LogP contribution in [-0.2, 0) is 23.8 Å². The highest BCUT2D eigenvalue weighted by atomic mass is 16.5. The van der Waals surface area contributed by atoms with E-state index in [9.17, 15) is 14.4 Å². The fraction of sp³-hybridized carbons (Fsp3) is 0.389. The van der Waals surface area contributed by atoms with Gasteiger partial charge < -0.3 is 24.4 Å². The Hall–Kier alpha value is -2.87. The Labute approximate surface area is 151 Å². The van der Waals surface area contributed by atoms with E-state index < -0.39 is 11.9 Å². The van der Waals surface area contributed by atoms with Crippen LogP contribution >= 0.6 is 0 Å². The Morgan fingerprint density at radius 2 is 1.88 bits per heavy atom. The van der Waals surface area contributed by atoms with Crippen molar-refractivity contribution in [1.29, 1.82) is 0 Å². The molecule has 0 radical (unpaired) electrons. The van der Waals surface area contributed by atoms with Crippen molar-refractivity contribution in [2.45, 2.75) is 13.8 Å². The van der Waals surface area contributed by atoms with Gasteiger partial charge in [-0.1, -0.05) is 6.07 Å². The minimum absolute atomic E-state index is 0.0324. The Morgan fingerprint density at radius 1 is 1.19 bits per heavy atom. The van der Waals surface area contributed by atoms with E-state index in [4.69, 9.17) is 14.2 Å². The van der Waals surface area contributed by atoms with E-state index in [0.717, 1.165) is 5.56 Å². The highest BCUT2D eigenvalue weighted by molar-refractivity contribution is 6.04. The Bertz CT molecular complexity index is 756. The van der Waals surface area contributed by atoms with Crippen LogP contribution in [0.3, 0.4) is 0 Å². The van der Waals surface area contributed by atoms with E-state index in [-0.39, 0.29) is 30.5 Å². The predicted octanol–water partition coefficient (Wildman–Crippen LogP) is 1.14. The fourth-order valence-corrected chi connectivity index (χ4v) is 2.64. The molecular weight excluding hydrogens is 340 g/mol. The lowest BCUT2D eigenvalue weighted by Crippen LogP contribution is -2.39. The molecule has 0 fully saturated rings. The maximum Gasteiger partial charge on any atom is 0.355 e. The van der Waals surface area contributed by atoms with Crippen LogP contribution in [-0.4, -0.2) is 51.9 Å². The molecule has 0 aliphatic carbocycles. The van der Waals surface area contributed by atoms with Gasteiger partial charge in [-0.05, 0) is 31.5 Å². The largest absolute Gasteiger partial charge is 0.466 e. The van der Waals surface area contributed by atoms with Crippen LogP contribution in [0.5, 0.6) is 0 Å². The summed E-state index contributed by atoms with van der Waals surface area (Å²) in [6.45, 7) is 4.12. The van der Waals surface area contributed by atoms with E-state index in [1.165, 1.54) is 19.1 Å². The molecule has 1 aromatic rings.